The van der Waals surface area contributed by atoms with Gasteiger partial charge in [-0.1, -0.05) is 11.6 Å². The third-order valence-corrected chi connectivity index (χ3v) is 3.66. The molecule has 0 spiro atoms. The molecule has 3 rings (SSSR count). The van der Waals surface area contributed by atoms with Gasteiger partial charge in [-0.2, -0.15) is 13.2 Å². The van der Waals surface area contributed by atoms with Gasteiger partial charge in [0.15, 0.2) is 0 Å². The van der Waals surface area contributed by atoms with Gasteiger partial charge in [-0.05, 0) is 30.3 Å². The van der Waals surface area contributed by atoms with Gasteiger partial charge in [-0.25, -0.2) is 14.2 Å². The lowest BCUT2D eigenvalue weighted by atomic mass is 10.2. The smallest absolute Gasteiger partial charge is 0.332 e. The van der Waals surface area contributed by atoms with Crippen LogP contribution in [0.5, 0.6) is 0 Å². The first-order valence-corrected chi connectivity index (χ1v) is 7.65. The van der Waals surface area contributed by atoms with E-state index in [1.807, 2.05) is 0 Å². The molecule has 0 aliphatic heterocycles. The SMILES string of the molecule is O=C(NCc1cn2cc(Cl)ccc2n1)Nc1cc(C(F)(F)F)ccc1F. The summed E-state index contributed by atoms with van der Waals surface area (Å²) in [6.45, 7) is -0.00822. The molecule has 136 valence electrons. The number of halogens is 5. The van der Waals surface area contributed by atoms with Crippen molar-refractivity contribution in [1.29, 1.82) is 0 Å². The Morgan fingerprint density at radius 3 is 2.69 bits per heavy atom. The average molecular weight is 387 g/mol. The Balaban J connectivity index is 1.67. The van der Waals surface area contributed by atoms with Crippen molar-refractivity contribution >= 4 is 29.0 Å². The minimum Gasteiger partial charge on any atom is -0.332 e. The first-order chi connectivity index (χ1) is 12.2. The average Bonchev–Trinajstić information content (AvgIpc) is 2.96. The molecule has 2 heterocycles. The number of carbonyl (C=O) groups is 1. The minimum absolute atomic E-state index is 0.00822. The lowest BCUT2D eigenvalue weighted by molar-refractivity contribution is -0.137. The van der Waals surface area contributed by atoms with Gasteiger partial charge < -0.3 is 15.0 Å². The third-order valence-electron chi connectivity index (χ3n) is 3.44. The zero-order valence-electron chi connectivity index (χ0n) is 12.9. The molecular formula is C16H11ClF4N4O. The maximum atomic E-state index is 13.6. The molecule has 0 bridgehead atoms. The van der Waals surface area contributed by atoms with Crippen LogP contribution in [0.4, 0.5) is 28.0 Å². The van der Waals surface area contributed by atoms with Gasteiger partial charge in [0.2, 0.25) is 0 Å². The second-order valence-electron chi connectivity index (χ2n) is 5.35. The highest BCUT2D eigenvalue weighted by molar-refractivity contribution is 6.30. The number of fused-ring (bicyclic) bond motifs is 1. The fourth-order valence-electron chi connectivity index (χ4n) is 2.24. The van der Waals surface area contributed by atoms with Gasteiger partial charge in [0.1, 0.15) is 11.5 Å². The quantitative estimate of drug-likeness (QED) is 0.653. The first kappa shape index (κ1) is 18.0. The molecule has 2 N–H and O–H groups in total. The lowest BCUT2D eigenvalue weighted by Gasteiger charge is -2.11. The first-order valence-electron chi connectivity index (χ1n) is 7.27. The van der Waals surface area contributed by atoms with Gasteiger partial charge in [-0.15, -0.1) is 0 Å². The number of hydrogen-bond acceptors (Lipinski definition) is 2. The van der Waals surface area contributed by atoms with Crippen LogP contribution in [0.15, 0.2) is 42.7 Å². The van der Waals surface area contributed by atoms with E-state index in [4.69, 9.17) is 11.6 Å². The summed E-state index contributed by atoms with van der Waals surface area (Å²) < 4.78 is 53.3. The number of imidazole rings is 1. The molecule has 0 atom stereocenters. The molecule has 3 aromatic rings. The molecule has 0 radical (unpaired) electrons. The highest BCUT2D eigenvalue weighted by Gasteiger charge is 2.31. The van der Waals surface area contributed by atoms with E-state index in [0.29, 0.717) is 34.6 Å². The van der Waals surface area contributed by atoms with Crippen molar-refractivity contribution in [2.24, 2.45) is 0 Å². The molecule has 0 saturated carbocycles. The molecule has 0 saturated heterocycles. The van der Waals surface area contributed by atoms with Gasteiger partial charge in [0, 0.05) is 12.4 Å². The van der Waals surface area contributed by atoms with Crippen molar-refractivity contribution in [2.75, 3.05) is 5.32 Å². The molecule has 2 amide bonds. The Hall–Kier alpha value is -2.81. The zero-order valence-corrected chi connectivity index (χ0v) is 13.7. The fourth-order valence-corrected chi connectivity index (χ4v) is 2.41. The van der Waals surface area contributed by atoms with Crippen molar-refractivity contribution < 1.29 is 22.4 Å². The van der Waals surface area contributed by atoms with E-state index in [1.54, 1.807) is 28.9 Å². The molecule has 0 unspecified atom stereocenters. The van der Waals surface area contributed by atoms with E-state index in [-0.39, 0.29) is 6.54 Å². The Bertz CT molecular complexity index is 971. The highest BCUT2D eigenvalue weighted by atomic mass is 35.5. The van der Waals surface area contributed by atoms with Gasteiger partial charge in [0.05, 0.1) is 28.5 Å². The third kappa shape index (κ3) is 4.05. The zero-order chi connectivity index (χ0) is 18.9. The number of urea groups is 1. The molecule has 26 heavy (non-hydrogen) atoms. The fraction of sp³-hybridized carbons (Fsp3) is 0.125. The number of rotatable bonds is 3. The van der Waals surface area contributed by atoms with Crippen LogP contribution in [0.3, 0.4) is 0 Å². The minimum atomic E-state index is -4.64. The predicted octanol–water partition coefficient (Wildman–Crippen LogP) is 4.47. The van der Waals surface area contributed by atoms with Crippen molar-refractivity contribution in [1.82, 2.24) is 14.7 Å². The number of pyridine rings is 1. The maximum absolute atomic E-state index is 13.6. The molecule has 5 nitrogen and oxygen atoms in total. The number of nitrogens with zero attached hydrogens (tertiary/aromatic N) is 2. The number of alkyl halides is 3. The summed E-state index contributed by atoms with van der Waals surface area (Å²) in [5.41, 5.74) is -0.534. The van der Waals surface area contributed by atoms with Crippen LogP contribution in [0.2, 0.25) is 5.02 Å². The van der Waals surface area contributed by atoms with Crippen LogP contribution < -0.4 is 10.6 Å². The summed E-state index contributed by atoms with van der Waals surface area (Å²) in [5.74, 6) is -0.976. The lowest BCUT2D eigenvalue weighted by Crippen LogP contribution is -2.28. The number of carbonyl (C=O) groups excluding carboxylic acids is 1. The topological polar surface area (TPSA) is 58.4 Å². The Labute approximate surface area is 149 Å². The van der Waals surface area contributed by atoms with Crippen LogP contribution in [0.1, 0.15) is 11.3 Å². The van der Waals surface area contributed by atoms with Gasteiger partial charge in [0.25, 0.3) is 0 Å². The van der Waals surface area contributed by atoms with E-state index < -0.39 is 29.3 Å². The van der Waals surface area contributed by atoms with Gasteiger partial charge in [-0.3, -0.25) is 0 Å². The number of nitrogens with one attached hydrogen (secondary N) is 2. The van der Waals surface area contributed by atoms with Crippen LogP contribution in [-0.2, 0) is 12.7 Å². The molecular weight excluding hydrogens is 376 g/mol. The molecule has 0 fully saturated rings. The Kier molecular flexibility index (Phi) is 4.73. The van der Waals surface area contributed by atoms with E-state index >= 15 is 0 Å². The van der Waals surface area contributed by atoms with Gasteiger partial charge >= 0.3 is 12.2 Å². The van der Waals surface area contributed by atoms with Crippen molar-refractivity contribution in [3.63, 3.8) is 0 Å². The molecule has 2 aromatic heterocycles. The number of aromatic nitrogens is 2. The summed E-state index contributed by atoms with van der Waals surface area (Å²) in [7, 11) is 0. The van der Waals surface area contributed by atoms with Crippen LogP contribution in [0, 0.1) is 5.82 Å². The van der Waals surface area contributed by atoms with Crippen molar-refractivity contribution in [2.45, 2.75) is 12.7 Å². The Morgan fingerprint density at radius 1 is 1.19 bits per heavy atom. The number of hydrogen-bond donors (Lipinski definition) is 2. The highest BCUT2D eigenvalue weighted by Crippen LogP contribution is 2.31. The van der Waals surface area contributed by atoms with Crippen LogP contribution in [0.25, 0.3) is 5.65 Å². The molecule has 0 aliphatic rings. The van der Waals surface area contributed by atoms with Crippen LogP contribution in [-0.4, -0.2) is 15.4 Å². The molecule has 10 heteroatoms. The van der Waals surface area contributed by atoms with Crippen molar-refractivity contribution in [3.8, 4) is 0 Å². The normalized spacial score (nSPS) is 11.6. The van der Waals surface area contributed by atoms with E-state index in [9.17, 15) is 22.4 Å². The van der Waals surface area contributed by atoms with Crippen molar-refractivity contribution in [3.05, 3.63) is 64.8 Å². The standard InChI is InChI=1S/C16H11ClF4N4O/c17-10-2-4-14-23-11(8-25(14)7-10)6-22-15(26)24-13-5-9(16(19,20)21)1-3-12(13)18/h1-5,7-8H,6H2,(H2,22,24,26). The summed E-state index contributed by atoms with van der Waals surface area (Å²) >= 11 is 5.86. The predicted molar refractivity (Wildman–Crippen MR) is 87.5 cm³/mol. The van der Waals surface area contributed by atoms with E-state index in [1.165, 1.54) is 0 Å². The summed E-state index contributed by atoms with van der Waals surface area (Å²) in [5, 5.41) is 4.96. The summed E-state index contributed by atoms with van der Waals surface area (Å²) in [6, 6.07) is 4.25. The Morgan fingerprint density at radius 2 is 1.96 bits per heavy atom. The largest absolute Gasteiger partial charge is 0.416 e. The number of anilines is 1. The summed E-state index contributed by atoms with van der Waals surface area (Å²) in [6.07, 6.45) is -1.38. The second kappa shape index (κ2) is 6.83. The molecule has 0 aliphatic carbocycles. The summed E-state index contributed by atoms with van der Waals surface area (Å²) in [4.78, 5) is 16.1. The monoisotopic (exact) mass is 386 g/mol. The number of benzene rings is 1. The number of amides is 2. The second-order valence-corrected chi connectivity index (χ2v) is 5.78. The van der Waals surface area contributed by atoms with Crippen LogP contribution >= 0.6 is 11.6 Å². The van der Waals surface area contributed by atoms with E-state index in [2.05, 4.69) is 15.6 Å². The molecule has 1 aromatic carbocycles. The van der Waals surface area contributed by atoms with E-state index in [0.717, 1.165) is 0 Å². The maximum Gasteiger partial charge on any atom is 0.416 e.